The fraction of sp³-hybridized carbons (Fsp3) is 1.00. The van der Waals surface area contributed by atoms with Crippen LogP contribution in [0.4, 0.5) is 0 Å². The molecule has 25 heavy (non-hydrogen) atoms. The van der Waals surface area contributed by atoms with Gasteiger partial charge in [0.05, 0.1) is 0 Å². The molecule has 0 aromatic rings. The zero-order valence-electron chi connectivity index (χ0n) is 17.2. The molecular weight excluding hydrogens is 364 g/mol. The van der Waals surface area contributed by atoms with Crippen LogP contribution < -0.4 is 0 Å². The zero-order valence-corrected chi connectivity index (χ0v) is 18.8. The van der Waals surface area contributed by atoms with Crippen molar-refractivity contribution in [2.45, 2.75) is 73.3 Å². The Morgan fingerprint density at radius 1 is 0.600 bits per heavy atom. The van der Waals surface area contributed by atoms with Crippen molar-refractivity contribution < 1.29 is 25.9 Å². The van der Waals surface area contributed by atoms with Gasteiger partial charge < -0.3 is 0 Å². The maximum Gasteiger partial charge on any atom is 0.288 e. The Balaban J connectivity index is 7.61. The maximum absolute atomic E-state index is 12.7. The molecule has 0 aliphatic rings. The molecule has 6 nitrogen and oxygen atoms in total. The molecule has 0 radical (unpaired) electrons. The van der Waals surface area contributed by atoms with Crippen LogP contribution >= 0.6 is 0 Å². The van der Waals surface area contributed by atoms with Crippen molar-refractivity contribution in [3.63, 3.8) is 0 Å². The summed E-state index contributed by atoms with van der Waals surface area (Å²) in [6, 6.07) is 0. The van der Waals surface area contributed by atoms with Crippen LogP contribution in [0.25, 0.3) is 0 Å². The molecule has 0 amide bonds. The van der Waals surface area contributed by atoms with Crippen molar-refractivity contribution in [3.05, 3.63) is 0 Å². The predicted molar refractivity (Wildman–Crippen MR) is 101 cm³/mol. The van der Waals surface area contributed by atoms with Gasteiger partial charge in [-0.2, -0.15) is 16.8 Å². The third kappa shape index (κ3) is 4.57. The smallest absolute Gasteiger partial charge is 0.284 e. The molecule has 0 fully saturated rings. The Kier molecular flexibility index (Phi) is 7.04. The summed E-state index contributed by atoms with van der Waals surface area (Å²) in [5.41, 5.74) is -1.61. The third-order valence-corrected chi connectivity index (χ3v) is 8.76. The fourth-order valence-electron chi connectivity index (χ4n) is 5.10. The fourth-order valence-corrected chi connectivity index (χ4v) is 9.96. The van der Waals surface area contributed by atoms with Crippen LogP contribution in [-0.4, -0.2) is 30.0 Å². The molecule has 0 bridgehead atoms. The minimum Gasteiger partial charge on any atom is -0.284 e. The van der Waals surface area contributed by atoms with Gasteiger partial charge in [0.2, 0.25) is 4.08 Å². The molecule has 0 aliphatic carbocycles. The normalized spacial score (nSPS) is 17.8. The van der Waals surface area contributed by atoms with Crippen LogP contribution in [0, 0.1) is 34.5 Å². The first kappa shape index (κ1) is 24.8. The molecule has 0 heterocycles. The summed E-state index contributed by atoms with van der Waals surface area (Å²) in [6.07, 6.45) is 0. The number of hydrogen-bond donors (Lipinski definition) is 2. The lowest BCUT2D eigenvalue weighted by Gasteiger charge is -2.53. The maximum atomic E-state index is 12.7. The van der Waals surface area contributed by atoms with Crippen LogP contribution in [0.1, 0.15) is 69.2 Å². The minimum atomic E-state index is -5.18. The summed E-state index contributed by atoms with van der Waals surface area (Å²) in [4.78, 5) is 0. The van der Waals surface area contributed by atoms with E-state index in [2.05, 4.69) is 0 Å². The summed E-state index contributed by atoms with van der Waals surface area (Å²) >= 11 is 0. The van der Waals surface area contributed by atoms with Gasteiger partial charge in [0.1, 0.15) is 0 Å². The Morgan fingerprint density at radius 3 is 0.880 bits per heavy atom. The van der Waals surface area contributed by atoms with Crippen molar-refractivity contribution in [1.29, 1.82) is 0 Å². The first-order valence-electron chi connectivity index (χ1n) is 8.57. The first-order valence-corrected chi connectivity index (χ1v) is 11.5. The van der Waals surface area contributed by atoms with Crippen molar-refractivity contribution in [1.82, 2.24) is 0 Å². The van der Waals surface area contributed by atoms with Crippen LogP contribution in [0.3, 0.4) is 0 Å². The average molecular weight is 401 g/mol. The van der Waals surface area contributed by atoms with Gasteiger partial charge in [-0.3, -0.25) is 9.11 Å². The van der Waals surface area contributed by atoms with E-state index in [1.165, 1.54) is 0 Å². The molecule has 0 spiro atoms. The van der Waals surface area contributed by atoms with E-state index in [0.29, 0.717) is 0 Å². The molecule has 0 rings (SSSR count). The van der Waals surface area contributed by atoms with Gasteiger partial charge in [0.25, 0.3) is 20.2 Å². The van der Waals surface area contributed by atoms with E-state index in [1.54, 1.807) is 69.2 Å². The molecule has 0 saturated carbocycles. The topological polar surface area (TPSA) is 109 Å². The number of rotatable bonds is 6. The van der Waals surface area contributed by atoms with E-state index in [4.69, 9.17) is 0 Å². The summed E-state index contributed by atoms with van der Waals surface area (Å²) in [5.74, 6) is -2.91. The van der Waals surface area contributed by atoms with Gasteiger partial charge >= 0.3 is 0 Å². The molecule has 8 heteroatoms. The van der Waals surface area contributed by atoms with E-state index < -0.39 is 58.8 Å². The second-order valence-corrected chi connectivity index (χ2v) is 13.4. The van der Waals surface area contributed by atoms with Gasteiger partial charge in [0, 0.05) is 11.8 Å². The summed E-state index contributed by atoms with van der Waals surface area (Å²) < 4.78 is 68.6. The predicted octanol–water partition coefficient (Wildman–Crippen LogP) is 4.09. The molecule has 2 N–H and O–H groups in total. The standard InChI is InChI=1S/C17H36O6S2/c1-11(2)13(15(5,6)7)17(24(18,19)20,25(21,22)23)14(12(3)4)16(8,9)10/h11-14H,1-10H3,(H,18,19,20)(H,21,22,23). The Bertz CT molecular complexity index is 601. The molecule has 152 valence electrons. The van der Waals surface area contributed by atoms with E-state index in [-0.39, 0.29) is 0 Å². The summed E-state index contributed by atoms with van der Waals surface area (Å²) in [7, 11) is -10.4. The van der Waals surface area contributed by atoms with Gasteiger partial charge in [-0.25, -0.2) is 0 Å². The largest absolute Gasteiger partial charge is 0.288 e. The van der Waals surface area contributed by atoms with Gasteiger partial charge in [-0.15, -0.1) is 0 Å². The Labute approximate surface area is 154 Å². The second kappa shape index (κ2) is 7.09. The van der Waals surface area contributed by atoms with Crippen LogP contribution in [0.5, 0.6) is 0 Å². The van der Waals surface area contributed by atoms with Gasteiger partial charge in [0.15, 0.2) is 0 Å². The van der Waals surface area contributed by atoms with E-state index >= 15 is 0 Å². The highest BCUT2D eigenvalue weighted by molar-refractivity contribution is 8.05. The molecule has 2 unspecified atom stereocenters. The highest BCUT2D eigenvalue weighted by atomic mass is 32.3. The molecular formula is C17H36O6S2. The van der Waals surface area contributed by atoms with Crippen molar-refractivity contribution in [2.24, 2.45) is 34.5 Å². The highest BCUT2D eigenvalue weighted by Crippen LogP contribution is 2.56. The minimum absolute atomic E-state index is 0.424. The van der Waals surface area contributed by atoms with Crippen molar-refractivity contribution in [2.75, 3.05) is 0 Å². The average Bonchev–Trinajstić information content (AvgIpc) is 2.18. The molecule has 2 atom stereocenters. The lowest BCUT2D eigenvalue weighted by molar-refractivity contribution is 0.0497. The van der Waals surface area contributed by atoms with Gasteiger partial charge in [-0.05, 0) is 22.7 Å². The molecule has 0 saturated heterocycles. The van der Waals surface area contributed by atoms with E-state index in [1.807, 2.05) is 0 Å². The quantitative estimate of drug-likeness (QED) is 0.650. The summed E-state index contributed by atoms with van der Waals surface area (Å²) in [5, 5.41) is 0. The lowest BCUT2D eigenvalue weighted by atomic mass is 9.62. The molecule has 0 aromatic carbocycles. The monoisotopic (exact) mass is 400 g/mol. The third-order valence-electron chi connectivity index (χ3n) is 4.87. The lowest BCUT2D eigenvalue weighted by Crippen LogP contribution is -2.65. The Hall–Kier alpha value is -0.180. The number of hydrogen-bond acceptors (Lipinski definition) is 4. The second-order valence-electron chi connectivity index (χ2n) is 9.85. The van der Waals surface area contributed by atoms with Crippen molar-refractivity contribution >= 4 is 20.2 Å². The van der Waals surface area contributed by atoms with Crippen LogP contribution in [0.15, 0.2) is 0 Å². The van der Waals surface area contributed by atoms with Gasteiger partial charge in [-0.1, -0.05) is 69.2 Å². The van der Waals surface area contributed by atoms with Crippen molar-refractivity contribution in [3.8, 4) is 0 Å². The first-order chi connectivity index (χ1) is 10.6. The molecule has 0 aliphatic heterocycles. The summed E-state index contributed by atoms with van der Waals surface area (Å²) in [6.45, 7) is 17.2. The SMILES string of the molecule is CC(C)C(C(C)(C)C)C(C(C(C)C)C(C)(C)C)(S(=O)(=O)O)S(=O)(=O)O. The molecule has 0 aromatic heterocycles. The zero-order chi connectivity index (χ0) is 20.8. The van der Waals surface area contributed by atoms with Crippen LogP contribution in [0.2, 0.25) is 0 Å². The van der Waals surface area contributed by atoms with E-state index in [9.17, 15) is 25.9 Å². The Morgan fingerprint density at radius 2 is 0.800 bits per heavy atom. The van der Waals surface area contributed by atoms with Crippen LogP contribution in [-0.2, 0) is 20.2 Å². The highest BCUT2D eigenvalue weighted by Gasteiger charge is 2.69. The van der Waals surface area contributed by atoms with E-state index in [0.717, 1.165) is 0 Å².